The molecule has 4 N–H and O–H groups in total. The Labute approximate surface area is 88.9 Å². The molecule has 2 rings (SSSR count). The van der Waals surface area contributed by atoms with Crippen molar-refractivity contribution in [3.05, 3.63) is 30.1 Å². The van der Waals surface area contributed by atoms with E-state index in [-0.39, 0.29) is 12.1 Å². The minimum atomic E-state index is -0.128. The molecule has 0 aliphatic rings. The second-order valence-corrected chi connectivity index (χ2v) is 3.99. The van der Waals surface area contributed by atoms with Crippen LogP contribution < -0.4 is 11.5 Å². The van der Waals surface area contributed by atoms with Crippen LogP contribution in [0.1, 0.15) is 18.5 Å². The number of hydrogen-bond acceptors (Lipinski definition) is 3. The van der Waals surface area contributed by atoms with Gasteiger partial charge in [0, 0.05) is 19.1 Å². The predicted octanol–water partition coefficient (Wildman–Crippen LogP) is 0.920. The molecular weight excluding hydrogens is 188 g/mol. The summed E-state index contributed by atoms with van der Waals surface area (Å²) in [5, 5.41) is 0. The number of nitrogens with two attached hydrogens (primary N) is 2. The number of rotatable bonds is 2. The Hall–Kier alpha value is -1.39. The number of imidazole rings is 1. The van der Waals surface area contributed by atoms with Gasteiger partial charge in [-0.25, -0.2) is 4.98 Å². The second-order valence-electron chi connectivity index (χ2n) is 3.99. The quantitative estimate of drug-likeness (QED) is 0.764. The summed E-state index contributed by atoms with van der Waals surface area (Å²) in [5.74, 6) is 0. The SMILES string of the molecule is CC(N)C(N)c1ccc2c(c1)ncn2C. The summed E-state index contributed by atoms with van der Waals surface area (Å²) in [5.41, 5.74) is 14.9. The van der Waals surface area contributed by atoms with Gasteiger partial charge < -0.3 is 16.0 Å². The minimum Gasteiger partial charge on any atom is -0.334 e. The molecule has 0 saturated carbocycles. The van der Waals surface area contributed by atoms with Crippen LogP contribution in [0.2, 0.25) is 0 Å². The topological polar surface area (TPSA) is 69.9 Å². The smallest absolute Gasteiger partial charge is 0.0955 e. The lowest BCUT2D eigenvalue weighted by molar-refractivity contribution is 0.589. The molecule has 80 valence electrons. The first-order valence-electron chi connectivity index (χ1n) is 5.01. The number of hydrogen-bond donors (Lipinski definition) is 2. The van der Waals surface area contributed by atoms with Gasteiger partial charge in [0.1, 0.15) is 0 Å². The highest BCUT2D eigenvalue weighted by Gasteiger charge is 2.11. The van der Waals surface area contributed by atoms with Gasteiger partial charge in [0.15, 0.2) is 0 Å². The summed E-state index contributed by atoms with van der Waals surface area (Å²) in [6.07, 6.45) is 1.80. The average Bonchev–Trinajstić information content (AvgIpc) is 2.59. The largest absolute Gasteiger partial charge is 0.334 e. The molecule has 1 aromatic carbocycles. The van der Waals surface area contributed by atoms with Crippen molar-refractivity contribution in [1.29, 1.82) is 0 Å². The Morgan fingerprint density at radius 2 is 2.07 bits per heavy atom. The first-order valence-corrected chi connectivity index (χ1v) is 5.01. The van der Waals surface area contributed by atoms with E-state index in [1.54, 1.807) is 6.33 Å². The van der Waals surface area contributed by atoms with Crippen LogP contribution in [0.15, 0.2) is 24.5 Å². The molecule has 0 aliphatic heterocycles. The van der Waals surface area contributed by atoms with Gasteiger partial charge in [0.2, 0.25) is 0 Å². The normalized spacial score (nSPS) is 15.5. The molecule has 0 radical (unpaired) electrons. The van der Waals surface area contributed by atoms with Gasteiger partial charge in [-0.15, -0.1) is 0 Å². The molecule has 2 aromatic rings. The van der Waals surface area contributed by atoms with E-state index in [0.717, 1.165) is 16.6 Å². The third kappa shape index (κ3) is 1.73. The van der Waals surface area contributed by atoms with Crippen molar-refractivity contribution in [2.75, 3.05) is 0 Å². The Morgan fingerprint density at radius 1 is 1.33 bits per heavy atom. The molecule has 2 atom stereocenters. The van der Waals surface area contributed by atoms with Crippen LogP contribution in [0.25, 0.3) is 11.0 Å². The van der Waals surface area contributed by atoms with Crippen molar-refractivity contribution in [2.24, 2.45) is 18.5 Å². The fourth-order valence-corrected chi connectivity index (χ4v) is 1.66. The van der Waals surface area contributed by atoms with E-state index in [4.69, 9.17) is 11.5 Å². The average molecular weight is 204 g/mol. The summed E-state index contributed by atoms with van der Waals surface area (Å²) in [6.45, 7) is 1.91. The molecular formula is C11H16N4. The molecule has 4 heteroatoms. The first kappa shape index (κ1) is 10.1. The summed E-state index contributed by atoms with van der Waals surface area (Å²) >= 11 is 0. The molecule has 0 amide bonds. The molecule has 0 fully saturated rings. The molecule has 0 aliphatic carbocycles. The van der Waals surface area contributed by atoms with Gasteiger partial charge in [-0.1, -0.05) is 6.07 Å². The van der Waals surface area contributed by atoms with Gasteiger partial charge in [0.05, 0.1) is 17.4 Å². The highest BCUT2D eigenvalue weighted by molar-refractivity contribution is 5.76. The molecule has 0 spiro atoms. The van der Waals surface area contributed by atoms with Crippen molar-refractivity contribution >= 4 is 11.0 Å². The summed E-state index contributed by atoms with van der Waals surface area (Å²) in [7, 11) is 1.97. The summed E-state index contributed by atoms with van der Waals surface area (Å²) in [4.78, 5) is 4.29. The summed E-state index contributed by atoms with van der Waals surface area (Å²) < 4.78 is 1.98. The monoisotopic (exact) mass is 204 g/mol. The maximum atomic E-state index is 5.98. The number of aromatic nitrogens is 2. The van der Waals surface area contributed by atoms with Gasteiger partial charge in [-0.2, -0.15) is 0 Å². The van der Waals surface area contributed by atoms with Crippen LogP contribution in [0, 0.1) is 0 Å². The third-order valence-electron chi connectivity index (χ3n) is 2.70. The van der Waals surface area contributed by atoms with E-state index in [0.29, 0.717) is 0 Å². The molecule has 0 bridgehead atoms. The molecule has 2 unspecified atom stereocenters. The number of fused-ring (bicyclic) bond motifs is 1. The minimum absolute atomic E-state index is 0.0498. The van der Waals surface area contributed by atoms with E-state index in [1.807, 2.05) is 36.7 Å². The van der Waals surface area contributed by atoms with Crippen molar-refractivity contribution < 1.29 is 0 Å². The number of benzene rings is 1. The Kier molecular flexibility index (Phi) is 2.46. The lowest BCUT2D eigenvalue weighted by atomic mass is 10.0. The van der Waals surface area contributed by atoms with Crippen molar-refractivity contribution in [1.82, 2.24) is 9.55 Å². The van der Waals surface area contributed by atoms with E-state index in [1.165, 1.54) is 0 Å². The number of nitrogens with zero attached hydrogens (tertiary/aromatic N) is 2. The summed E-state index contributed by atoms with van der Waals surface area (Å²) in [6, 6.07) is 5.86. The van der Waals surface area contributed by atoms with Crippen LogP contribution in [0.5, 0.6) is 0 Å². The van der Waals surface area contributed by atoms with Crippen molar-refractivity contribution in [3.63, 3.8) is 0 Å². The lowest BCUT2D eigenvalue weighted by Gasteiger charge is -2.15. The maximum Gasteiger partial charge on any atom is 0.0955 e. The van der Waals surface area contributed by atoms with E-state index in [9.17, 15) is 0 Å². The maximum absolute atomic E-state index is 5.98. The highest BCUT2D eigenvalue weighted by Crippen LogP contribution is 2.19. The molecule has 15 heavy (non-hydrogen) atoms. The fraction of sp³-hybridized carbons (Fsp3) is 0.364. The Morgan fingerprint density at radius 3 is 2.73 bits per heavy atom. The second kappa shape index (κ2) is 3.64. The van der Waals surface area contributed by atoms with Gasteiger partial charge in [-0.3, -0.25) is 0 Å². The van der Waals surface area contributed by atoms with E-state index < -0.39 is 0 Å². The molecule has 1 heterocycles. The number of aryl methyl sites for hydroxylation is 1. The first-order chi connectivity index (χ1) is 7.09. The van der Waals surface area contributed by atoms with Gasteiger partial charge in [0.25, 0.3) is 0 Å². The van der Waals surface area contributed by atoms with Crippen LogP contribution >= 0.6 is 0 Å². The Balaban J connectivity index is 2.47. The predicted molar refractivity (Wildman–Crippen MR) is 61.3 cm³/mol. The van der Waals surface area contributed by atoms with Crippen LogP contribution in [0.4, 0.5) is 0 Å². The van der Waals surface area contributed by atoms with Crippen molar-refractivity contribution in [2.45, 2.75) is 19.0 Å². The zero-order chi connectivity index (χ0) is 11.0. The standard InChI is InChI=1S/C11H16N4/c1-7(12)11(13)8-3-4-10-9(5-8)14-6-15(10)2/h3-7,11H,12-13H2,1-2H3. The van der Waals surface area contributed by atoms with Gasteiger partial charge >= 0.3 is 0 Å². The highest BCUT2D eigenvalue weighted by atomic mass is 15.0. The van der Waals surface area contributed by atoms with Crippen molar-refractivity contribution in [3.8, 4) is 0 Å². The molecule has 1 aromatic heterocycles. The zero-order valence-electron chi connectivity index (χ0n) is 9.01. The van der Waals surface area contributed by atoms with Crippen LogP contribution in [0.3, 0.4) is 0 Å². The third-order valence-corrected chi connectivity index (χ3v) is 2.70. The lowest BCUT2D eigenvalue weighted by Crippen LogP contribution is -2.30. The van der Waals surface area contributed by atoms with Gasteiger partial charge in [-0.05, 0) is 24.6 Å². The zero-order valence-corrected chi connectivity index (χ0v) is 9.01. The van der Waals surface area contributed by atoms with E-state index >= 15 is 0 Å². The molecule has 0 saturated heterocycles. The Bertz CT molecular complexity index is 472. The molecule has 4 nitrogen and oxygen atoms in total. The van der Waals surface area contributed by atoms with E-state index in [2.05, 4.69) is 4.98 Å². The van der Waals surface area contributed by atoms with Crippen LogP contribution in [-0.4, -0.2) is 15.6 Å². The fourth-order valence-electron chi connectivity index (χ4n) is 1.66. The van der Waals surface area contributed by atoms with Crippen LogP contribution in [-0.2, 0) is 7.05 Å².